The number of hydrogen-bond donors (Lipinski definition) is 1. The molecule has 1 fully saturated rings. The monoisotopic (exact) mass is 401 g/mol. The molecule has 2 aromatic heterocycles. The number of nitrogens with zero attached hydrogens (tertiary/aromatic N) is 4. The Morgan fingerprint density at radius 3 is 2.89 bits per heavy atom. The van der Waals surface area contributed by atoms with Crippen molar-refractivity contribution in [2.24, 2.45) is 10.7 Å². The largest absolute Gasteiger partial charge is 0.444 e. The number of halogens is 1. The SMILES string of the molecule is CC(C)(C)OC(=O)N1CCC(N=CC(=CN)c2cnc3ccc(Cl)nc3c2)C1. The van der Waals surface area contributed by atoms with Crippen LogP contribution in [0.15, 0.2) is 35.6 Å². The number of rotatable bonds is 3. The molecule has 0 aromatic carbocycles. The summed E-state index contributed by atoms with van der Waals surface area (Å²) in [6.07, 6.45) is 5.40. The van der Waals surface area contributed by atoms with Gasteiger partial charge in [0.05, 0.1) is 17.1 Å². The van der Waals surface area contributed by atoms with E-state index in [9.17, 15) is 4.79 Å². The Bertz CT molecular complexity index is 936. The van der Waals surface area contributed by atoms with Crippen LogP contribution in [0.3, 0.4) is 0 Å². The molecule has 1 aliphatic heterocycles. The molecular formula is C20H24ClN5O2. The first kappa shape index (κ1) is 20.1. The van der Waals surface area contributed by atoms with E-state index in [0.717, 1.165) is 23.1 Å². The molecule has 148 valence electrons. The highest BCUT2D eigenvalue weighted by molar-refractivity contribution is 6.29. The van der Waals surface area contributed by atoms with Crippen LogP contribution in [-0.2, 0) is 4.74 Å². The summed E-state index contributed by atoms with van der Waals surface area (Å²) in [6.45, 7) is 6.71. The lowest BCUT2D eigenvalue weighted by Gasteiger charge is -2.24. The zero-order valence-electron chi connectivity index (χ0n) is 16.2. The number of allylic oxidation sites excluding steroid dienone is 1. The molecule has 2 aromatic rings. The van der Waals surface area contributed by atoms with Crippen molar-refractivity contribution in [2.45, 2.75) is 38.8 Å². The number of likely N-dealkylation sites (tertiary alicyclic amines) is 1. The molecule has 0 saturated carbocycles. The third-order valence-corrected chi connectivity index (χ3v) is 4.47. The molecule has 0 aliphatic carbocycles. The van der Waals surface area contributed by atoms with Gasteiger partial charge >= 0.3 is 6.09 Å². The zero-order chi connectivity index (χ0) is 20.3. The molecule has 7 nitrogen and oxygen atoms in total. The molecule has 1 atom stereocenters. The van der Waals surface area contributed by atoms with E-state index in [1.807, 2.05) is 32.9 Å². The Morgan fingerprint density at radius 1 is 1.39 bits per heavy atom. The smallest absolute Gasteiger partial charge is 0.410 e. The Hall–Kier alpha value is -2.67. The van der Waals surface area contributed by atoms with Gasteiger partial charge in [-0.15, -0.1) is 0 Å². The van der Waals surface area contributed by atoms with E-state index in [2.05, 4.69) is 15.0 Å². The average Bonchev–Trinajstić information content (AvgIpc) is 3.09. The van der Waals surface area contributed by atoms with Crippen LogP contribution < -0.4 is 5.73 Å². The van der Waals surface area contributed by atoms with E-state index in [-0.39, 0.29) is 12.1 Å². The number of ether oxygens (including phenoxy) is 1. The maximum Gasteiger partial charge on any atom is 0.410 e. The Kier molecular flexibility index (Phi) is 5.84. The highest BCUT2D eigenvalue weighted by Crippen LogP contribution is 2.20. The van der Waals surface area contributed by atoms with E-state index in [1.165, 1.54) is 6.20 Å². The van der Waals surface area contributed by atoms with Crippen molar-refractivity contribution < 1.29 is 9.53 Å². The topological polar surface area (TPSA) is 93.7 Å². The molecule has 0 spiro atoms. The second kappa shape index (κ2) is 8.14. The van der Waals surface area contributed by atoms with Gasteiger partial charge in [0.15, 0.2) is 0 Å². The number of carbonyl (C=O) groups excluding carboxylic acids is 1. The molecule has 3 heterocycles. The molecule has 3 rings (SSSR count). The van der Waals surface area contributed by atoms with Crippen molar-refractivity contribution in [1.82, 2.24) is 14.9 Å². The number of hydrogen-bond acceptors (Lipinski definition) is 6. The molecule has 1 aliphatic rings. The Labute approximate surface area is 169 Å². The predicted molar refractivity (Wildman–Crippen MR) is 111 cm³/mol. The minimum Gasteiger partial charge on any atom is -0.444 e. The molecule has 1 amide bonds. The van der Waals surface area contributed by atoms with Crippen LogP contribution in [0.1, 0.15) is 32.8 Å². The van der Waals surface area contributed by atoms with Gasteiger partial charge in [0, 0.05) is 42.8 Å². The fourth-order valence-electron chi connectivity index (χ4n) is 2.89. The van der Waals surface area contributed by atoms with Gasteiger partial charge < -0.3 is 15.4 Å². The lowest BCUT2D eigenvalue weighted by molar-refractivity contribution is 0.0293. The normalized spacial score (nSPS) is 18.2. The molecular weight excluding hydrogens is 378 g/mol. The first-order chi connectivity index (χ1) is 13.2. The van der Waals surface area contributed by atoms with Gasteiger partial charge in [-0.3, -0.25) is 9.98 Å². The molecule has 28 heavy (non-hydrogen) atoms. The summed E-state index contributed by atoms with van der Waals surface area (Å²) in [5.74, 6) is 0. The first-order valence-corrected chi connectivity index (χ1v) is 9.48. The minimum atomic E-state index is -0.506. The van der Waals surface area contributed by atoms with Crippen LogP contribution in [0.2, 0.25) is 5.15 Å². The van der Waals surface area contributed by atoms with Crippen LogP contribution in [0, 0.1) is 0 Å². The van der Waals surface area contributed by atoms with Gasteiger partial charge in [-0.1, -0.05) is 11.6 Å². The standard InChI is InChI=1S/C20H24ClN5O2/c1-20(2,3)28-19(27)26-7-6-15(12-26)23-11-14(9-22)13-8-17-16(24-10-13)4-5-18(21)25-17/h4-5,8-11,15H,6-7,12,22H2,1-3H3. The number of fused-ring (bicyclic) bond motifs is 1. The summed E-state index contributed by atoms with van der Waals surface area (Å²) in [6, 6.07) is 5.40. The number of nitrogens with two attached hydrogens (primary N) is 1. The van der Waals surface area contributed by atoms with E-state index in [4.69, 9.17) is 22.1 Å². The number of amides is 1. The van der Waals surface area contributed by atoms with Gasteiger partial charge in [-0.25, -0.2) is 9.78 Å². The molecule has 0 radical (unpaired) electrons. The molecule has 1 saturated heterocycles. The summed E-state index contributed by atoms with van der Waals surface area (Å²) in [7, 11) is 0. The molecule has 8 heteroatoms. The third kappa shape index (κ3) is 4.98. The van der Waals surface area contributed by atoms with Crippen LogP contribution in [0.25, 0.3) is 16.6 Å². The van der Waals surface area contributed by atoms with Gasteiger partial charge in [0.2, 0.25) is 0 Å². The molecule has 2 N–H and O–H groups in total. The maximum absolute atomic E-state index is 12.2. The van der Waals surface area contributed by atoms with Crippen LogP contribution in [0.4, 0.5) is 4.79 Å². The summed E-state index contributed by atoms with van der Waals surface area (Å²) in [5.41, 5.74) is 8.26. The third-order valence-electron chi connectivity index (χ3n) is 4.26. The highest BCUT2D eigenvalue weighted by Gasteiger charge is 2.29. The van der Waals surface area contributed by atoms with Crippen molar-refractivity contribution in [2.75, 3.05) is 13.1 Å². The Balaban J connectivity index is 1.68. The van der Waals surface area contributed by atoms with Gasteiger partial charge in [0.25, 0.3) is 0 Å². The van der Waals surface area contributed by atoms with Crippen molar-refractivity contribution in [3.05, 3.63) is 41.3 Å². The minimum absolute atomic E-state index is 0.00320. The summed E-state index contributed by atoms with van der Waals surface area (Å²) >= 11 is 5.96. The quantitative estimate of drug-likeness (QED) is 0.625. The lowest BCUT2D eigenvalue weighted by Crippen LogP contribution is -2.35. The number of pyridine rings is 2. The van der Waals surface area contributed by atoms with Crippen LogP contribution in [-0.4, -0.2) is 51.9 Å². The van der Waals surface area contributed by atoms with Crippen LogP contribution >= 0.6 is 11.6 Å². The van der Waals surface area contributed by atoms with E-state index >= 15 is 0 Å². The van der Waals surface area contributed by atoms with Crippen molar-refractivity contribution >= 4 is 40.5 Å². The van der Waals surface area contributed by atoms with Crippen molar-refractivity contribution in [3.8, 4) is 0 Å². The Morgan fingerprint density at radius 2 is 2.18 bits per heavy atom. The highest BCUT2D eigenvalue weighted by atomic mass is 35.5. The fraction of sp³-hybridized carbons (Fsp3) is 0.400. The van der Waals surface area contributed by atoms with E-state index in [0.29, 0.717) is 23.8 Å². The second-order valence-electron chi connectivity index (χ2n) is 7.67. The average molecular weight is 402 g/mol. The summed E-state index contributed by atoms with van der Waals surface area (Å²) in [4.78, 5) is 27.1. The zero-order valence-corrected chi connectivity index (χ0v) is 17.0. The maximum atomic E-state index is 12.2. The van der Waals surface area contributed by atoms with Gasteiger partial charge in [-0.05, 0) is 45.4 Å². The lowest BCUT2D eigenvalue weighted by atomic mass is 10.1. The first-order valence-electron chi connectivity index (χ1n) is 9.11. The molecule has 0 bridgehead atoms. The second-order valence-corrected chi connectivity index (χ2v) is 8.05. The summed E-state index contributed by atoms with van der Waals surface area (Å²) in [5, 5.41) is 0.409. The number of carbonyl (C=O) groups is 1. The number of aromatic nitrogens is 2. The molecule has 1 unspecified atom stereocenters. The van der Waals surface area contributed by atoms with Crippen molar-refractivity contribution in [3.63, 3.8) is 0 Å². The fourth-order valence-corrected chi connectivity index (χ4v) is 3.05. The summed E-state index contributed by atoms with van der Waals surface area (Å²) < 4.78 is 5.41. The predicted octanol–water partition coefficient (Wildman–Crippen LogP) is 3.66. The van der Waals surface area contributed by atoms with Gasteiger partial charge in [0.1, 0.15) is 10.8 Å². The van der Waals surface area contributed by atoms with E-state index in [1.54, 1.807) is 23.4 Å². The van der Waals surface area contributed by atoms with Crippen molar-refractivity contribution in [1.29, 1.82) is 0 Å². The van der Waals surface area contributed by atoms with Gasteiger partial charge in [-0.2, -0.15) is 0 Å². The van der Waals surface area contributed by atoms with E-state index < -0.39 is 5.60 Å². The number of aliphatic imine (C=N–C) groups is 1. The van der Waals surface area contributed by atoms with Crippen LogP contribution in [0.5, 0.6) is 0 Å².